The fourth-order valence-electron chi connectivity index (χ4n) is 1.20. The number of amides is 3. The van der Waals surface area contributed by atoms with E-state index in [1.807, 2.05) is 13.8 Å². The van der Waals surface area contributed by atoms with E-state index in [2.05, 4.69) is 5.32 Å². The Balaban J connectivity index is 2.64. The summed E-state index contributed by atoms with van der Waals surface area (Å²) < 4.78 is 0. The van der Waals surface area contributed by atoms with E-state index < -0.39 is 0 Å². The molecule has 0 unspecified atom stereocenters. The van der Waals surface area contributed by atoms with Crippen molar-refractivity contribution in [3.63, 3.8) is 0 Å². The van der Waals surface area contributed by atoms with Gasteiger partial charge in [-0.2, -0.15) is 0 Å². The fraction of sp³-hybridized carbons (Fsp3) is 0.750. The summed E-state index contributed by atoms with van der Waals surface area (Å²) in [6.07, 6.45) is 0. The van der Waals surface area contributed by atoms with Gasteiger partial charge in [-0.25, -0.2) is 4.79 Å². The lowest BCUT2D eigenvalue weighted by Gasteiger charge is -2.14. The van der Waals surface area contributed by atoms with E-state index in [1.54, 1.807) is 6.92 Å². The maximum absolute atomic E-state index is 11.3. The topological polar surface area (TPSA) is 49.4 Å². The van der Waals surface area contributed by atoms with Crippen molar-refractivity contribution in [2.75, 3.05) is 6.54 Å². The van der Waals surface area contributed by atoms with Crippen molar-refractivity contribution in [1.82, 2.24) is 10.2 Å². The van der Waals surface area contributed by atoms with Gasteiger partial charge < -0.3 is 5.32 Å². The lowest BCUT2D eigenvalue weighted by atomic mass is 10.2. The number of urea groups is 1. The van der Waals surface area contributed by atoms with Gasteiger partial charge in [0.1, 0.15) is 6.04 Å². The number of imide groups is 1. The molecule has 1 aliphatic rings. The Morgan fingerprint density at radius 2 is 2.08 bits per heavy atom. The first-order valence-electron chi connectivity index (χ1n) is 4.14. The molecule has 1 rings (SSSR count). The Bertz CT molecular complexity index is 213. The average Bonchev–Trinajstić information content (AvgIpc) is 2.16. The number of hydrogen-bond acceptors (Lipinski definition) is 2. The predicted octanol–water partition coefficient (Wildman–Crippen LogP) is 0.583. The molecule has 0 aromatic heterocycles. The minimum Gasteiger partial charge on any atom is -0.326 e. The van der Waals surface area contributed by atoms with Crippen LogP contribution in [0, 0.1) is 5.92 Å². The Morgan fingerprint density at radius 1 is 1.50 bits per heavy atom. The summed E-state index contributed by atoms with van der Waals surface area (Å²) in [6.45, 7) is 6.16. The molecule has 1 atom stereocenters. The third kappa shape index (κ3) is 1.57. The molecule has 1 heterocycles. The first-order valence-corrected chi connectivity index (χ1v) is 4.14. The highest BCUT2D eigenvalue weighted by Gasteiger charge is 2.34. The summed E-state index contributed by atoms with van der Waals surface area (Å²) in [6, 6.07) is -0.613. The Morgan fingerprint density at radius 3 is 2.42 bits per heavy atom. The molecule has 12 heavy (non-hydrogen) atoms. The van der Waals surface area contributed by atoms with Crippen LogP contribution >= 0.6 is 0 Å². The summed E-state index contributed by atoms with van der Waals surface area (Å²) in [5, 5.41) is 2.56. The van der Waals surface area contributed by atoms with Gasteiger partial charge in [-0.1, -0.05) is 13.8 Å². The van der Waals surface area contributed by atoms with E-state index in [1.165, 1.54) is 4.90 Å². The third-order valence-electron chi connectivity index (χ3n) is 1.77. The highest BCUT2D eigenvalue weighted by molar-refractivity contribution is 6.03. The number of nitrogens with zero attached hydrogens (tertiary/aromatic N) is 1. The van der Waals surface area contributed by atoms with Crippen LogP contribution in [-0.2, 0) is 4.79 Å². The number of rotatable bonds is 2. The minimum absolute atomic E-state index is 0.117. The maximum Gasteiger partial charge on any atom is 0.324 e. The van der Waals surface area contributed by atoms with Crippen LogP contribution in [-0.4, -0.2) is 29.4 Å². The third-order valence-corrected chi connectivity index (χ3v) is 1.77. The normalized spacial score (nSPS) is 23.7. The first-order chi connectivity index (χ1) is 5.52. The summed E-state index contributed by atoms with van der Waals surface area (Å²) in [5.74, 6) is 0.207. The lowest BCUT2D eigenvalue weighted by Crippen LogP contribution is -2.34. The minimum atomic E-state index is -0.351. The number of hydrogen-bond donors (Lipinski definition) is 1. The van der Waals surface area contributed by atoms with Crippen molar-refractivity contribution >= 4 is 11.9 Å². The van der Waals surface area contributed by atoms with Gasteiger partial charge in [0, 0.05) is 6.54 Å². The quantitative estimate of drug-likeness (QED) is 0.616. The van der Waals surface area contributed by atoms with Crippen LogP contribution in [0.4, 0.5) is 4.79 Å². The van der Waals surface area contributed by atoms with Crippen molar-refractivity contribution < 1.29 is 9.59 Å². The van der Waals surface area contributed by atoms with E-state index >= 15 is 0 Å². The monoisotopic (exact) mass is 170 g/mol. The van der Waals surface area contributed by atoms with Gasteiger partial charge in [-0.3, -0.25) is 9.69 Å². The van der Waals surface area contributed by atoms with Crippen molar-refractivity contribution in [3.05, 3.63) is 0 Å². The van der Waals surface area contributed by atoms with Gasteiger partial charge in [-0.05, 0) is 12.8 Å². The van der Waals surface area contributed by atoms with E-state index in [0.29, 0.717) is 12.5 Å². The molecule has 68 valence electrons. The second-order valence-electron chi connectivity index (χ2n) is 3.51. The Hall–Kier alpha value is -1.06. The molecule has 4 nitrogen and oxygen atoms in total. The van der Waals surface area contributed by atoms with Crippen molar-refractivity contribution in [2.45, 2.75) is 26.8 Å². The molecule has 0 spiro atoms. The van der Waals surface area contributed by atoms with Crippen LogP contribution in [0.5, 0.6) is 0 Å². The van der Waals surface area contributed by atoms with Crippen LogP contribution in [0.2, 0.25) is 0 Å². The molecular formula is C8H14N2O2. The molecule has 0 radical (unpaired) electrons. The molecule has 0 aliphatic carbocycles. The standard InChI is InChI=1S/C8H14N2O2/c1-5(2)4-10-7(11)6(3)9-8(10)12/h5-6H,4H2,1-3H3,(H,9,12)/t6-/m0/s1. The van der Waals surface area contributed by atoms with Crippen LogP contribution < -0.4 is 5.32 Å². The van der Waals surface area contributed by atoms with E-state index in [4.69, 9.17) is 0 Å². The molecule has 1 aliphatic heterocycles. The van der Waals surface area contributed by atoms with Crippen molar-refractivity contribution in [3.8, 4) is 0 Å². The SMILES string of the molecule is CC(C)CN1C(=O)N[C@@H](C)C1=O. The number of carbonyl (C=O) groups is 2. The first kappa shape index (κ1) is 9.03. The summed E-state index contributed by atoms with van der Waals surface area (Å²) in [7, 11) is 0. The van der Waals surface area contributed by atoms with Crippen molar-refractivity contribution in [2.24, 2.45) is 5.92 Å². The number of carbonyl (C=O) groups excluding carboxylic acids is 2. The van der Waals surface area contributed by atoms with Gasteiger partial charge in [-0.15, -0.1) is 0 Å². The highest BCUT2D eigenvalue weighted by Crippen LogP contribution is 2.08. The highest BCUT2D eigenvalue weighted by atomic mass is 16.2. The molecular weight excluding hydrogens is 156 g/mol. The molecule has 1 N–H and O–H groups in total. The predicted molar refractivity (Wildman–Crippen MR) is 44.5 cm³/mol. The van der Waals surface area contributed by atoms with Crippen LogP contribution in [0.3, 0.4) is 0 Å². The Labute approximate surface area is 71.9 Å². The molecule has 0 aromatic rings. The summed E-state index contributed by atoms with van der Waals surface area (Å²) >= 11 is 0. The van der Waals surface area contributed by atoms with Gasteiger partial charge in [0.25, 0.3) is 5.91 Å². The van der Waals surface area contributed by atoms with Crippen LogP contribution in [0.1, 0.15) is 20.8 Å². The zero-order chi connectivity index (χ0) is 9.30. The van der Waals surface area contributed by atoms with Crippen molar-refractivity contribution in [1.29, 1.82) is 0 Å². The molecule has 1 fully saturated rings. The summed E-state index contributed by atoms with van der Waals surface area (Å²) in [5.41, 5.74) is 0. The fourth-order valence-corrected chi connectivity index (χ4v) is 1.20. The van der Waals surface area contributed by atoms with Gasteiger partial charge in [0.05, 0.1) is 0 Å². The second kappa shape index (κ2) is 3.13. The van der Waals surface area contributed by atoms with Crippen LogP contribution in [0.15, 0.2) is 0 Å². The molecule has 4 heteroatoms. The van der Waals surface area contributed by atoms with E-state index in [-0.39, 0.29) is 18.0 Å². The smallest absolute Gasteiger partial charge is 0.324 e. The summed E-state index contributed by atoms with van der Waals surface area (Å²) in [4.78, 5) is 23.7. The lowest BCUT2D eigenvalue weighted by molar-refractivity contribution is -0.127. The molecule has 0 saturated carbocycles. The number of nitrogens with one attached hydrogen (secondary N) is 1. The molecule has 0 bridgehead atoms. The van der Waals surface area contributed by atoms with Gasteiger partial charge in [0.2, 0.25) is 0 Å². The largest absolute Gasteiger partial charge is 0.326 e. The van der Waals surface area contributed by atoms with Gasteiger partial charge in [0.15, 0.2) is 0 Å². The molecule has 0 aromatic carbocycles. The van der Waals surface area contributed by atoms with Gasteiger partial charge >= 0.3 is 6.03 Å². The molecule has 3 amide bonds. The molecule has 1 saturated heterocycles. The second-order valence-corrected chi connectivity index (χ2v) is 3.51. The zero-order valence-corrected chi connectivity index (χ0v) is 7.63. The Kier molecular flexibility index (Phi) is 2.35. The van der Waals surface area contributed by atoms with E-state index in [9.17, 15) is 9.59 Å². The maximum atomic E-state index is 11.3. The zero-order valence-electron chi connectivity index (χ0n) is 7.63. The average molecular weight is 170 g/mol. The van der Waals surface area contributed by atoms with Crippen LogP contribution in [0.25, 0.3) is 0 Å². The van der Waals surface area contributed by atoms with E-state index in [0.717, 1.165) is 0 Å².